The number of amides is 1. The SMILES string of the molecule is CC[C@@](C)(c1ccc(O)cc1)[C@H](CCCC(N)=O)c1ccc(O)cc1. The number of hydrogen-bond donors (Lipinski definition) is 3. The minimum atomic E-state index is -0.285. The molecule has 0 bridgehead atoms. The standard InChI is InChI=1S/C21H27NO3/c1-3-21(2,16-9-13-18(24)14-10-16)19(5-4-6-20(22)25)15-7-11-17(23)12-8-15/h7-14,19,23-24H,3-6H2,1-2H3,(H2,22,25)/t19-,21+/m1/s1. The van der Waals surface area contributed by atoms with Crippen molar-refractivity contribution in [3.05, 3.63) is 59.7 Å². The molecule has 2 atom stereocenters. The average Bonchev–Trinajstić information content (AvgIpc) is 2.59. The zero-order valence-corrected chi connectivity index (χ0v) is 14.9. The fourth-order valence-corrected chi connectivity index (χ4v) is 3.53. The molecule has 4 heteroatoms. The number of rotatable bonds is 8. The minimum Gasteiger partial charge on any atom is -0.508 e. The van der Waals surface area contributed by atoms with Crippen molar-refractivity contribution in [2.45, 2.75) is 50.9 Å². The highest BCUT2D eigenvalue weighted by atomic mass is 16.3. The maximum atomic E-state index is 11.2. The second-order valence-electron chi connectivity index (χ2n) is 6.82. The van der Waals surface area contributed by atoms with Crippen LogP contribution in [0.1, 0.15) is 56.6 Å². The van der Waals surface area contributed by atoms with E-state index >= 15 is 0 Å². The van der Waals surface area contributed by atoms with Crippen LogP contribution in [0, 0.1) is 0 Å². The van der Waals surface area contributed by atoms with Gasteiger partial charge in [-0.15, -0.1) is 0 Å². The van der Waals surface area contributed by atoms with Gasteiger partial charge in [-0.3, -0.25) is 4.79 Å². The van der Waals surface area contributed by atoms with E-state index in [2.05, 4.69) is 13.8 Å². The van der Waals surface area contributed by atoms with E-state index in [9.17, 15) is 15.0 Å². The third kappa shape index (κ3) is 4.53. The molecule has 0 fully saturated rings. The molecule has 2 aromatic rings. The summed E-state index contributed by atoms with van der Waals surface area (Å²) in [5, 5.41) is 19.2. The quantitative estimate of drug-likeness (QED) is 0.672. The summed E-state index contributed by atoms with van der Waals surface area (Å²) in [4.78, 5) is 11.2. The normalized spacial score (nSPS) is 14.6. The van der Waals surface area contributed by atoms with Crippen LogP contribution in [-0.4, -0.2) is 16.1 Å². The Hall–Kier alpha value is -2.49. The summed E-state index contributed by atoms with van der Waals surface area (Å²) in [6.45, 7) is 4.36. The molecule has 4 N–H and O–H groups in total. The predicted molar refractivity (Wildman–Crippen MR) is 99.6 cm³/mol. The van der Waals surface area contributed by atoms with Gasteiger partial charge in [0.15, 0.2) is 0 Å². The van der Waals surface area contributed by atoms with Gasteiger partial charge in [-0.05, 0) is 66.0 Å². The Kier molecular flexibility index (Phi) is 6.07. The molecule has 0 spiro atoms. The van der Waals surface area contributed by atoms with Crippen LogP contribution in [0.2, 0.25) is 0 Å². The Bertz CT molecular complexity index is 694. The fourth-order valence-electron chi connectivity index (χ4n) is 3.53. The molecule has 134 valence electrons. The second kappa shape index (κ2) is 8.06. The molecule has 2 aromatic carbocycles. The van der Waals surface area contributed by atoms with Crippen molar-refractivity contribution < 1.29 is 15.0 Å². The largest absolute Gasteiger partial charge is 0.508 e. The highest BCUT2D eigenvalue weighted by Crippen LogP contribution is 2.45. The lowest BCUT2D eigenvalue weighted by molar-refractivity contribution is -0.118. The van der Waals surface area contributed by atoms with Gasteiger partial charge < -0.3 is 15.9 Å². The minimum absolute atomic E-state index is 0.164. The summed E-state index contributed by atoms with van der Waals surface area (Å²) in [6.07, 6.45) is 2.80. The van der Waals surface area contributed by atoms with Gasteiger partial charge in [-0.1, -0.05) is 38.1 Å². The topological polar surface area (TPSA) is 83.5 Å². The molecule has 0 aromatic heterocycles. The van der Waals surface area contributed by atoms with Crippen molar-refractivity contribution in [1.82, 2.24) is 0 Å². The van der Waals surface area contributed by atoms with Crippen LogP contribution in [-0.2, 0) is 10.2 Å². The zero-order chi connectivity index (χ0) is 18.4. The monoisotopic (exact) mass is 341 g/mol. The molecule has 0 saturated carbocycles. The number of hydrogen-bond acceptors (Lipinski definition) is 3. The molecule has 25 heavy (non-hydrogen) atoms. The molecule has 0 aliphatic rings. The molecule has 0 aliphatic heterocycles. The molecular weight excluding hydrogens is 314 g/mol. The van der Waals surface area contributed by atoms with Crippen LogP contribution in [0.25, 0.3) is 0 Å². The third-order valence-electron chi connectivity index (χ3n) is 5.24. The smallest absolute Gasteiger partial charge is 0.217 e. The first-order valence-electron chi connectivity index (χ1n) is 8.73. The first kappa shape index (κ1) is 18.8. The van der Waals surface area contributed by atoms with Gasteiger partial charge in [0.05, 0.1) is 0 Å². The number of benzene rings is 2. The molecule has 4 nitrogen and oxygen atoms in total. The molecule has 1 amide bonds. The Labute approximate surface area is 149 Å². The summed E-state index contributed by atoms with van der Waals surface area (Å²) in [5.41, 5.74) is 7.41. The van der Waals surface area contributed by atoms with Crippen LogP contribution in [0.3, 0.4) is 0 Å². The summed E-state index contributed by atoms with van der Waals surface area (Å²) >= 11 is 0. The maximum absolute atomic E-state index is 11.2. The third-order valence-corrected chi connectivity index (χ3v) is 5.24. The number of nitrogens with two attached hydrogens (primary N) is 1. The van der Waals surface area contributed by atoms with Gasteiger partial charge in [-0.25, -0.2) is 0 Å². The van der Waals surface area contributed by atoms with Crippen molar-refractivity contribution in [3.63, 3.8) is 0 Å². The lowest BCUT2D eigenvalue weighted by Crippen LogP contribution is -2.30. The first-order chi connectivity index (χ1) is 11.9. The van der Waals surface area contributed by atoms with Crippen LogP contribution in [0.5, 0.6) is 11.5 Å². The Morgan fingerprint density at radius 1 is 1.04 bits per heavy atom. The molecule has 2 rings (SSSR count). The molecular formula is C21H27NO3. The van der Waals surface area contributed by atoms with Crippen molar-refractivity contribution in [2.75, 3.05) is 0 Å². The van der Waals surface area contributed by atoms with Crippen molar-refractivity contribution in [3.8, 4) is 11.5 Å². The molecule has 0 aliphatic carbocycles. The van der Waals surface area contributed by atoms with E-state index in [1.54, 1.807) is 24.3 Å². The average molecular weight is 341 g/mol. The molecule has 0 radical (unpaired) electrons. The maximum Gasteiger partial charge on any atom is 0.217 e. The van der Waals surface area contributed by atoms with Crippen LogP contribution >= 0.6 is 0 Å². The second-order valence-corrected chi connectivity index (χ2v) is 6.82. The van der Waals surface area contributed by atoms with E-state index in [0.717, 1.165) is 24.0 Å². The van der Waals surface area contributed by atoms with Gasteiger partial charge in [-0.2, -0.15) is 0 Å². The van der Waals surface area contributed by atoms with Gasteiger partial charge in [0, 0.05) is 6.42 Å². The van der Waals surface area contributed by atoms with E-state index < -0.39 is 0 Å². The molecule has 0 heterocycles. The number of phenols is 2. The molecule has 0 unspecified atom stereocenters. The van der Waals surface area contributed by atoms with Crippen molar-refractivity contribution in [1.29, 1.82) is 0 Å². The fraction of sp³-hybridized carbons (Fsp3) is 0.381. The van der Waals surface area contributed by atoms with E-state index in [1.807, 2.05) is 24.3 Å². The van der Waals surface area contributed by atoms with E-state index in [4.69, 9.17) is 5.73 Å². The summed E-state index contributed by atoms with van der Waals surface area (Å²) in [6, 6.07) is 14.6. The van der Waals surface area contributed by atoms with Crippen LogP contribution in [0.15, 0.2) is 48.5 Å². The van der Waals surface area contributed by atoms with Crippen molar-refractivity contribution >= 4 is 5.91 Å². The summed E-state index contributed by atoms with van der Waals surface area (Å²) in [7, 11) is 0. The number of phenolic OH excluding ortho intramolecular Hbond substituents is 2. The number of carbonyl (C=O) groups excluding carboxylic acids is 1. The highest BCUT2D eigenvalue weighted by Gasteiger charge is 2.35. The van der Waals surface area contributed by atoms with Gasteiger partial charge in [0.25, 0.3) is 0 Å². The Morgan fingerprint density at radius 2 is 1.56 bits per heavy atom. The van der Waals surface area contributed by atoms with E-state index in [-0.39, 0.29) is 28.7 Å². The van der Waals surface area contributed by atoms with Crippen LogP contribution in [0.4, 0.5) is 0 Å². The zero-order valence-electron chi connectivity index (χ0n) is 14.9. The lowest BCUT2D eigenvalue weighted by Gasteiger charge is -2.38. The van der Waals surface area contributed by atoms with Gasteiger partial charge in [0.2, 0.25) is 5.91 Å². The highest BCUT2D eigenvalue weighted by molar-refractivity contribution is 5.73. The lowest BCUT2D eigenvalue weighted by atomic mass is 9.65. The van der Waals surface area contributed by atoms with E-state index in [1.165, 1.54) is 0 Å². The van der Waals surface area contributed by atoms with E-state index in [0.29, 0.717) is 12.8 Å². The van der Waals surface area contributed by atoms with Crippen molar-refractivity contribution in [2.24, 2.45) is 5.73 Å². The summed E-state index contributed by atoms with van der Waals surface area (Å²) < 4.78 is 0. The van der Waals surface area contributed by atoms with Gasteiger partial charge in [0.1, 0.15) is 11.5 Å². The Balaban J connectivity index is 2.40. The van der Waals surface area contributed by atoms with Crippen LogP contribution < -0.4 is 5.73 Å². The number of carbonyl (C=O) groups is 1. The van der Waals surface area contributed by atoms with Gasteiger partial charge >= 0.3 is 0 Å². The Morgan fingerprint density at radius 3 is 2.04 bits per heavy atom. The number of aromatic hydroxyl groups is 2. The molecule has 0 saturated heterocycles. The predicted octanol–water partition coefficient (Wildman–Crippen LogP) is 4.20. The number of primary amides is 1. The first-order valence-corrected chi connectivity index (χ1v) is 8.73. The summed E-state index contributed by atoms with van der Waals surface area (Å²) in [5.74, 6) is 0.369.